The predicted octanol–water partition coefficient (Wildman–Crippen LogP) is 0.757. The first-order valence-electron chi connectivity index (χ1n) is 4.73. The van der Waals surface area contributed by atoms with Crippen molar-refractivity contribution >= 4 is 18.0 Å². The van der Waals surface area contributed by atoms with Gasteiger partial charge in [-0.2, -0.15) is 0 Å². The van der Waals surface area contributed by atoms with Gasteiger partial charge in [-0.05, 0) is 24.6 Å². The summed E-state index contributed by atoms with van der Waals surface area (Å²) in [6.07, 6.45) is 5.66. The molecule has 2 N–H and O–H groups in total. The third kappa shape index (κ3) is 3.53. The number of ether oxygens (including phenoxy) is 1. The number of hydrogen-bond acceptors (Lipinski definition) is 4. The Hall–Kier alpha value is -2.17. The van der Waals surface area contributed by atoms with E-state index in [-0.39, 0.29) is 0 Å². The van der Waals surface area contributed by atoms with E-state index in [2.05, 4.69) is 4.98 Å². The molecule has 5 nitrogen and oxygen atoms in total. The molecule has 5 heteroatoms. The van der Waals surface area contributed by atoms with Gasteiger partial charge in [0.2, 0.25) is 5.91 Å². The van der Waals surface area contributed by atoms with Crippen LogP contribution in [-0.4, -0.2) is 23.5 Å². The smallest absolute Gasteiger partial charge is 0.330 e. The summed E-state index contributed by atoms with van der Waals surface area (Å²) in [6.45, 7) is 2.05. The van der Waals surface area contributed by atoms with Gasteiger partial charge in [0.25, 0.3) is 0 Å². The van der Waals surface area contributed by atoms with Gasteiger partial charge in [0.05, 0.1) is 12.2 Å². The number of rotatable bonds is 4. The van der Waals surface area contributed by atoms with Crippen molar-refractivity contribution in [2.45, 2.75) is 6.92 Å². The molecule has 84 valence electrons. The molecule has 0 saturated carbocycles. The van der Waals surface area contributed by atoms with Crippen molar-refractivity contribution in [3.05, 3.63) is 35.7 Å². The number of carbonyl (C=O) groups is 2. The largest absolute Gasteiger partial charge is 0.463 e. The van der Waals surface area contributed by atoms with Crippen LogP contribution in [0.2, 0.25) is 0 Å². The molecule has 0 aliphatic carbocycles. The van der Waals surface area contributed by atoms with E-state index < -0.39 is 11.9 Å². The summed E-state index contributed by atoms with van der Waals surface area (Å²) >= 11 is 0. The molecule has 0 unspecified atom stereocenters. The van der Waals surface area contributed by atoms with E-state index in [1.807, 2.05) is 0 Å². The summed E-state index contributed by atoms with van der Waals surface area (Å²) < 4.78 is 4.70. The van der Waals surface area contributed by atoms with Crippen LogP contribution in [0.5, 0.6) is 0 Å². The van der Waals surface area contributed by atoms with Gasteiger partial charge in [0, 0.05) is 18.5 Å². The maximum absolute atomic E-state index is 11.0. The monoisotopic (exact) mass is 220 g/mol. The fourth-order valence-corrected chi connectivity index (χ4v) is 1.04. The van der Waals surface area contributed by atoms with E-state index in [1.165, 1.54) is 24.5 Å². The summed E-state index contributed by atoms with van der Waals surface area (Å²) in [4.78, 5) is 25.7. The summed E-state index contributed by atoms with van der Waals surface area (Å²) in [5, 5.41) is 0. The number of amides is 1. The molecular formula is C11H12N2O3. The van der Waals surface area contributed by atoms with Gasteiger partial charge >= 0.3 is 5.97 Å². The molecule has 1 amide bonds. The molecule has 0 aromatic carbocycles. The van der Waals surface area contributed by atoms with E-state index in [0.717, 1.165) is 0 Å². The van der Waals surface area contributed by atoms with Crippen LogP contribution < -0.4 is 5.73 Å². The highest BCUT2D eigenvalue weighted by Gasteiger charge is 2.00. The number of hydrogen-bond donors (Lipinski definition) is 1. The second-order valence-electron chi connectivity index (χ2n) is 2.96. The van der Waals surface area contributed by atoms with Crippen LogP contribution in [0, 0.1) is 0 Å². The van der Waals surface area contributed by atoms with Gasteiger partial charge < -0.3 is 10.5 Å². The zero-order valence-corrected chi connectivity index (χ0v) is 8.84. The van der Waals surface area contributed by atoms with E-state index in [9.17, 15) is 9.59 Å². The molecule has 0 aliphatic heterocycles. The maximum Gasteiger partial charge on any atom is 0.330 e. The van der Waals surface area contributed by atoms with E-state index in [4.69, 9.17) is 10.5 Å². The van der Waals surface area contributed by atoms with Crippen molar-refractivity contribution in [1.29, 1.82) is 0 Å². The molecule has 0 aliphatic rings. The van der Waals surface area contributed by atoms with Gasteiger partial charge in [0.1, 0.15) is 0 Å². The van der Waals surface area contributed by atoms with E-state index in [1.54, 1.807) is 13.0 Å². The Labute approximate surface area is 92.9 Å². The van der Waals surface area contributed by atoms with Crippen LogP contribution in [-0.2, 0) is 9.53 Å². The molecular weight excluding hydrogens is 208 g/mol. The van der Waals surface area contributed by atoms with Gasteiger partial charge in [-0.1, -0.05) is 0 Å². The highest BCUT2D eigenvalue weighted by atomic mass is 16.5. The lowest BCUT2D eigenvalue weighted by Crippen LogP contribution is -2.11. The quantitative estimate of drug-likeness (QED) is 0.599. The average Bonchev–Trinajstić information content (AvgIpc) is 2.27. The lowest BCUT2D eigenvalue weighted by Gasteiger charge is -1.97. The van der Waals surface area contributed by atoms with Crippen molar-refractivity contribution in [3.63, 3.8) is 0 Å². The first-order chi connectivity index (χ1) is 7.63. The molecule has 0 saturated heterocycles. The fourth-order valence-electron chi connectivity index (χ4n) is 1.04. The summed E-state index contributed by atoms with van der Waals surface area (Å²) in [5.41, 5.74) is 6.00. The Morgan fingerprint density at radius 1 is 1.50 bits per heavy atom. The van der Waals surface area contributed by atoms with E-state index >= 15 is 0 Å². The third-order valence-corrected chi connectivity index (χ3v) is 1.74. The molecule has 0 fully saturated rings. The second kappa shape index (κ2) is 5.65. The topological polar surface area (TPSA) is 82.3 Å². The van der Waals surface area contributed by atoms with Crippen molar-refractivity contribution in [2.24, 2.45) is 5.73 Å². The highest BCUT2D eigenvalue weighted by molar-refractivity contribution is 5.93. The van der Waals surface area contributed by atoms with Crippen molar-refractivity contribution in [2.75, 3.05) is 6.61 Å². The normalized spacial score (nSPS) is 10.3. The molecule has 1 rings (SSSR count). The van der Waals surface area contributed by atoms with Crippen molar-refractivity contribution in [3.8, 4) is 0 Å². The third-order valence-electron chi connectivity index (χ3n) is 1.74. The Morgan fingerprint density at radius 2 is 2.25 bits per heavy atom. The Balaban J connectivity index is 2.77. The first-order valence-corrected chi connectivity index (χ1v) is 4.73. The lowest BCUT2D eigenvalue weighted by molar-refractivity contribution is -0.137. The zero-order chi connectivity index (χ0) is 12.0. The van der Waals surface area contributed by atoms with Crippen LogP contribution in [0.25, 0.3) is 6.08 Å². The molecule has 0 spiro atoms. The number of nitrogens with zero attached hydrogens (tertiary/aromatic N) is 1. The zero-order valence-electron chi connectivity index (χ0n) is 8.84. The predicted molar refractivity (Wildman–Crippen MR) is 58.4 cm³/mol. The molecule has 1 aromatic heterocycles. The van der Waals surface area contributed by atoms with Crippen LogP contribution in [0.1, 0.15) is 22.8 Å². The van der Waals surface area contributed by atoms with Crippen LogP contribution in [0.15, 0.2) is 24.5 Å². The minimum atomic E-state index is -0.557. The Kier molecular flexibility index (Phi) is 4.20. The summed E-state index contributed by atoms with van der Waals surface area (Å²) in [7, 11) is 0. The van der Waals surface area contributed by atoms with Crippen LogP contribution in [0.4, 0.5) is 0 Å². The maximum atomic E-state index is 11.0. The van der Waals surface area contributed by atoms with Crippen LogP contribution in [0.3, 0.4) is 0 Å². The summed E-state index contributed by atoms with van der Waals surface area (Å²) in [6, 6.07) is 1.55. The first kappa shape index (κ1) is 11.9. The number of primary amides is 1. The summed E-state index contributed by atoms with van der Waals surface area (Å²) in [5.74, 6) is -0.995. The van der Waals surface area contributed by atoms with Crippen LogP contribution >= 0.6 is 0 Å². The van der Waals surface area contributed by atoms with Gasteiger partial charge in [-0.25, -0.2) is 4.79 Å². The number of esters is 1. The van der Waals surface area contributed by atoms with Gasteiger partial charge in [0.15, 0.2) is 0 Å². The van der Waals surface area contributed by atoms with Crippen molar-refractivity contribution < 1.29 is 14.3 Å². The number of carbonyl (C=O) groups excluding carboxylic acids is 2. The van der Waals surface area contributed by atoms with Crippen molar-refractivity contribution in [1.82, 2.24) is 4.98 Å². The van der Waals surface area contributed by atoms with Gasteiger partial charge in [-0.15, -0.1) is 0 Å². The molecule has 1 aromatic rings. The molecule has 16 heavy (non-hydrogen) atoms. The molecule has 0 radical (unpaired) electrons. The lowest BCUT2D eigenvalue weighted by atomic mass is 10.2. The minimum absolute atomic E-state index is 0.297. The minimum Gasteiger partial charge on any atom is -0.463 e. The highest BCUT2D eigenvalue weighted by Crippen LogP contribution is 2.04. The Morgan fingerprint density at radius 3 is 2.88 bits per heavy atom. The number of nitrogens with two attached hydrogens (primary N) is 1. The standard InChI is InChI=1S/C11H12N2O3/c1-2-16-10(14)4-3-8-5-9(11(12)15)7-13-6-8/h3-7H,2H2,1H3,(H2,12,15). The SMILES string of the molecule is CCOC(=O)C=Cc1cncc(C(N)=O)c1. The van der Waals surface area contributed by atoms with E-state index in [0.29, 0.717) is 17.7 Å². The number of aromatic nitrogens is 1. The fraction of sp³-hybridized carbons (Fsp3) is 0.182. The van der Waals surface area contributed by atoms with Gasteiger partial charge in [-0.3, -0.25) is 9.78 Å². The molecule has 0 bridgehead atoms. The average molecular weight is 220 g/mol. The Bertz CT molecular complexity index is 427. The second-order valence-corrected chi connectivity index (χ2v) is 2.96. The molecule has 0 atom stereocenters. The molecule has 1 heterocycles. The number of pyridine rings is 1.